The van der Waals surface area contributed by atoms with E-state index in [2.05, 4.69) is 5.10 Å². The largest absolute Gasteiger partial charge is 0.504 e. The molecule has 0 atom stereocenters. The number of aromatic hydroxyl groups is 1. The fourth-order valence-electron chi connectivity index (χ4n) is 2.49. The molecular weight excluding hydrogens is 304 g/mol. The van der Waals surface area contributed by atoms with E-state index in [9.17, 15) is 9.90 Å². The van der Waals surface area contributed by atoms with Crippen LogP contribution in [0, 0.1) is 0 Å². The van der Waals surface area contributed by atoms with Gasteiger partial charge in [-0.3, -0.25) is 4.79 Å². The number of amides is 1. The zero-order chi connectivity index (χ0) is 17.1. The van der Waals surface area contributed by atoms with E-state index in [1.807, 2.05) is 37.3 Å². The monoisotopic (exact) mass is 322 g/mol. The molecule has 0 spiro atoms. The van der Waals surface area contributed by atoms with Gasteiger partial charge in [0.2, 0.25) is 0 Å². The Balaban J connectivity index is 1.93. The van der Waals surface area contributed by atoms with Crippen molar-refractivity contribution in [3.8, 4) is 11.5 Å². The summed E-state index contributed by atoms with van der Waals surface area (Å²) >= 11 is 0. The van der Waals surface area contributed by atoms with Crippen molar-refractivity contribution in [2.24, 2.45) is 5.10 Å². The van der Waals surface area contributed by atoms with Crippen LogP contribution in [0.25, 0.3) is 6.08 Å². The number of hydrazone groups is 1. The smallest absolute Gasteiger partial charge is 0.280 e. The van der Waals surface area contributed by atoms with Crippen molar-refractivity contribution in [1.82, 2.24) is 0 Å². The van der Waals surface area contributed by atoms with Gasteiger partial charge in [-0.05, 0) is 49.8 Å². The first-order valence-electron chi connectivity index (χ1n) is 7.72. The minimum Gasteiger partial charge on any atom is -0.504 e. The molecule has 0 bridgehead atoms. The van der Waals surface area contributed by atoms with Crippen molar-refractivity contribution in [2.75, 3.05) is 11.6 Å². The standard InChI is InChI=1S/C19H18N2O3/c1-3-24-18-12-14(9-10-17(18)22)11-16-13(2)20-21(19(16)23)15-7-5-4-6-8-15/h4-12,22H,3H2,1-2H3/b16-11+. The van der Waals surface area contributed by atoms with Gasteiger partial charge in [-0.25, -0.2) is 0 Å². The zero-order valence-corrected chi connectivity index (χ0v) is 13.6. The Kier molecular flexibility index (Phi) is 4.33. The van der Waals surface area contributed by atoms with Crippen LogP contribution in [-0.4, -0.2) is 23.3 Å². The van der Waals surface area contributed by atoms with Gasteiger partial charge in [-0.1, -0.05) is 24.3 Å². The number of benzene rings is 2. The number of hydrogen-bond donors (Lipinski definition) is 1. The van der Waals surface area contributed by atoms with Crippen LogP contribution in [0.5, 0.6) is 11.5 Å². The normalized spacial score (nSPS) is 15.8. The summed E-state index contributed by atoms with van der Waals surface area (Å²) in [5, 5.41) is 15.5. The summed E-state index contributed by atoms with van der Waals surface area (Å²) in [5.74, 6) is 0.296. The molecule has 1 aliphatic heterocycles. The molecule has 5 heteroatoms. The van der Waals surface area contributed by atoms with Gasteiger partial charge in [0, 0.05) is 0 Å². The fraction of sp³-hybridized carbons (Fsp3) is 0.158. The SMILES string of the molecule is CCOc1cc(/C=C2/C(=O)N(c3ccccc3)N=C2C)ccc1O. The zero-order valence-electron chi connectivity index (χ0n) is 13.6. The molecule has 1 heterocycles. The predicted molar refractivity (Wildman–Crippen MR) is 94.3 cm³/mol. The molecule has 2 aromatic carbocycles. The van der Waals surface area contributed by atoms with Crippen LogP contribution in [0.2, 0.25) is 0 Å². The number of carbonyl (C=O) groups is 1. The third-order valence-corrected chi connectivity index (χ3v) is 3.66. The van der Waals surface area contributed by atoms with Gasteiger partial charge < -0.3 is 9.84 Å². The molecule has 1 N–H and O–H groups in total. The summed E-state index contributed by atoms with van der Waals surface area (Å²) in [6, 6.07) is 14.3. The predicted octanol–water partition coefficient (Wildman–Crippen LogP) is 3.60. The van der Waals surface area contributed by atoms with Crippen LogP contribution in [0.4, 0.5) is 5.69 Å². The molecular formula is C19H18N2O3. The van der Waals surface area contributed by atoms with E-state index in [0.29, 0.717) is 23.6 Å². The molecule has 5 nitrogen and oxygen atoms in total. The third kappa shape index (κ3) is 3.01. The van der Waals surface area contributed by atoms with E-state index < -0.39 is 0 Å². The lowest BCUT2D eigenvalue weighted by molar-refractivity contribution is -0.114. The third-order valence-electron chi connectivity index (χ3n) is 3.66. The minimum absolute atomic E-state index is 0.0769. The second-order valence-corrected chi connectivity index (χ2v) is 5.36. The first-order chi connectivity index (χ1) is 11.6. The number of nitrogens with zero attached hydrogens (tertiary/aromatic N) is 2. The minimum atomic E-state index is -0.176. The maximum absolute atomic E-state index is 12.7. The molecule has 0 radical (unpaired) electrons. The van der Waals surface area contributed by atoms with Crippen molar-refractivity contribution in [2.45, 2.75) is 13.8 Å². The van der Waals surface area contributed by atoms with Crippen LogP contribution in [0.1, 0.15) is 19.4 Å². The molecule has 3 rings (SSSR count). The van der Waals surface area contributed by atoms with Gasteiger partial charge >= 0.3 is 0 Å². The first-order valence-corrected chi connectivity index (χ1v) is 7.72. The van der Waals surface area contributed by atoms with Crippen LogP contribution < -0.4 is 9.75 Å². The molecule has 1 amide bonds. The average molecular weight is 322 g/mol. The van der Waals surface area contributed by atoms with E-state index in [1.165, 1.54) is 5.01 Å². The summed E-state index contributed by atoms with van der Waals surface area (Å²) in [4.78, 5) is 12.7. The summed E-state index contributed by atoms with van der Waals surface area (Å²) in [7, 11) is 0. The number of carbonyl (C=O) groups excluding carboxylic acids is 1. The number of para-hydroxylation sites is 1. The Hall–Kier alpha value is -3.08. The van der Waals surface area contributed by atoms with Crippen LogP contribution in [0.15, 0.2) is 59.2 Å². The Bertz CT molecular complexity index is 826. The quantitative estimate of drug-likeness (QED) is 0.875. The lowest BCUT2D eigenvalue weighted by atomic mass is 10.1. The molecule has 0 unspecified atom stereocenters. The van der Waals surface area contributed by atoms with Gasteiger partial charge in [0.15, 0.2) is 11.5 Å². The Labute approximate surface area is 140 Å². The van der Waals surface area contributed by atoms with E-state index >= 15 is 0 Å². The van der Waals surface area contributed by atoms with E-state index in [-0.39, 0.29) is 11.7 Å². The van der Waals surface area contributed by atoms with Gasteiger partial charge in [-0.2, -0.15) is 10.1 Å². The average Bonchev–Trinajstić information content (AvgIpc) is 2.87. The molecule has 1 aliphatic rings. The van der Waals surface area contributed by atoms with Crippen molar-refractivity contribution in [3.63, 3.8) is 0 Å². The van der Waals surface area contributed by atoms with Gasteiger partial charge in [0.1, 0.15) is 0 Å². The van der Waals surface area contributed by atoms with Crippen molar-refractivity contribution < 1.29 is 14.6 Å². The van der Waals surface area contributed by atoms with Gasteiger partial charge in [0.05, 0.1) is 23.6 Å². The van der Waals surface area contributed by atoms with Crippen molar-refractivity contribution in [3.05, 3.63) is 59.7 Å². The van der Waals surface area contributed by atoms with Crippen LogP contribution in [-0.2, 0) is 4.79 Å². The maximum Gasteiger partial charge on any atom is 0.280 e. The topological polar surface area (TPSA) is 62.1 Å². The number of phenols is 1. The van der Waals surface area contributed by atoms with Crippen molar-refractivity contribution in [1.29, 1.82) is 0 Å². The molecule has 2 aromatic rings. The Morgan fingerprint density at radius 2 is 1.96 bits per heavy atom. The lowest BCUT2D eigenvalue weighted by Crippen LogP contribution is -2.21. The van der Waals surface area contributed by atoms with Crippen LogP contribution >= 0.6 is 0 Å². The Morgan fingerprint density at radius 1 is 1.21 bits per heavy atom. The molecule has 0 aromatic heterocycles. The Morgan fingerprint density at radius 3 is 2.67 bits per heavy atom. The maximum atomic E-state index is 12.7. The number of rotatable bonds is 4. The first kappa shape index (κ1) is 15.8. The molecule has 0 saturated heterocycles. The molecule has 0 saturated carbocycles. The number of hydrogen-bond acceptors (Lipinski definition) is 4. The highest BCUT2D eigenvalue weighted by Gasteiger charge is 2.28. The summed E-state index contributed by atoms with van der Waals surface area (Å²) < 4.78 is 5.38. The fourth-order valence-corrected chi connectivity index (χ4v) is 2.49. The van der Waals surface area contributed by atoms with Gasteiger partial charge in [-0.15, -0.1) is 0 Å². The molecule has 122 valence electrons. The number of anilines is 1. The molecule has 24 heavy (non-hydrogen) atoms. The second-order valence-electron chi connectivity index (χ2n) is 5.36. The summed E-state index contributed by atoms with van der Waals surface area (Å²) in [6.07, 6.45) is 1.76. The highest BCUT2D eigenvalue weighted by Crippen LogP contribution is 2.29. The summed E-state index contributed by atoms with van der Waals surface area (Å²) in [6.45, 7) is 4.10. The van der Waals surface area contributed by atoms with Gasteiger partial charge in [0.25, 0.3) is 5.91 Å². The summed E-state index contributed by atoms with van der Waals surface area (Å²) in [5.41, 5.74) is 2.66. The number of ether oxygens (including phenoxy) is 1. The van der Waals surface area contributed by atoms with E-state index in [1.54, 1.807) is 31.2 Å². The highest BCUT2D eigenvalue weighted by molar-refractivity contribution is 6.32. The van der Waals surface area contributed by atoms with E-state index in [0.717, 1.165) is 11.3 Å². The highest BCUT2D eigenvalue weighted by atomic mass is 16.5. The second kappa shape index (κ2) is 6.58. The molecule has 0 fully saturated rings. The number of phenolic OH excluding ortho intramolecular Hbond substituents is 1. The molecule has 0 aliphatic carbocycles. The van der Waals surface area contributed by atoms with E-state index in [4.69, 9.17) is 4.74 Å². The van der Waals surface area contributed by atoms with Crippen molar-refractivity contribution >= 4 is 23.4 Å². The lowest BCUT2D eigenvalue weighted by Gasteiger charge is -2.11. The van der Waals surface area contributed by atoms with Crippen LogP contribution in [0.3, 0.4) is 0 Å².